The number of rotatable bonds is 3. The highest BCUT2D eigenvalue weighted by Gasteiger charge is 2.13. The van der Waals surface area contributed by atoms with Gasteiger partial charge in [0.1, 0.15) is 5.82 Å². The van der Waals surface area contributed by atoms with Crippen LogP contribution in [0.5, 0.6) is 0 Å². The van der Waals surface area contributed by atoms with Gasteiger partial charge in [-0.05, 0) is 19.8 Å². The van der Waals surface area contributed by atoms with Gasteiger partial charge in [0.25, 0.3) is 5.56 Å². The van der Waals surface area contributed by atoms with Gasteiger partial charge in [-0.1, -0.05) is 13.8 Å². The molecule has 0 aliphatic carbocycles. The Bertz CT molecular complexity index is 610. The first-order chi connectivity index (χ1) is 8.52. The van der Waals surface area contributed by atoms with E-state index in [0.717, 1.165) is 23.4 Å². The third kappa shape index (κ3) is 2.20. The van der Waals surface area contributed by atoms with Crippen LogP contribution >= 0.6 is 0 Å². The fraction of sp³-hybridized carbons (Fsp3) is 0.462. The fourth-order valence-electron chi connectivity index (χ4n) is 2.07. The first-order valence-corrected chi connectivity index (χ1v) is 6.16. The third-order valence-corrected chi connectivity index (χ3v) is 2.95. The van der Waals surface area contributed by atoms with Gasteiger partial charge >= 0.3 is 0 Å². The molecule has 0 unspecified atom stereocenters. The van der Waals surface area contributed by atoms with E-state index in [9.17, 15) is 4.79 Å². The molecule has 0 fully saturated rings. The SMILES string of the molecule is CCn1cc(-c2nc(C)c(C(C)C)c(=O)[nH]2)cn1. The summed E-state index contributed by atoms with van der Waals surface area (Å²) in [6.07, 6.45) is 3.60. The van der Waals surface area contributed by atoms with Crippen molar-refractivity contribution in [1.82, 2.24) is 19.7 Å². The molecule has 0 aromatic carbocycles. The molecule has 2 heterocycles. The first kappa shape index (κ1) is 12.5. The molecule has 2 aromatic heterocycles. The van der Waals surface area contributed by atoms with Gasteiger partial charge in [-0.15, -0.1) is 0 Å². The lowest BCUT2D eigenvalue weighted by atomic mass is 10.0. The van der Waals surface area contributed by atoms with Crippen LogP contribution in [0.2, 0.25) is 0 Å². The highest BCUT2D eigenvalue weighted by molar-refractivity contribution is 5.52. The van der Waals surface area contributed by atoms with Crippen molar-refractivity contribution in [2.75, 3.05) is 0 Å². The summed E-state index contributed by atoms with van der Waals surface area (Å²) >= 11 is 0. The van der Waals surface area contributed by atoms with Gasteiger partial charge in [0.15, 0.2) is 0 Å². The molecular formula is C13H18N4O. The zero-order valence-corrected chi connectivity index (χ0v) is 11.2. The van der Waals surface area contributed by atoms with E-state index < -0.39 is 0 Å². The van der Waals surface area contributed by atoms with Gasteiger partial charge in [0, 0.05) is 24.0 Å². The van der Waals surface area contributed by atoms with Crippen LogP contribution in [-0.4, -0.2) is 19.7 Å². The van der Waals surface area contributed by atoms with E-state index >= 15 is 0 Å². The molecule has 0 radical (unpaired) electrons. The lowest BCUT2D eigenvalue weighted by molar-refractivity contribution is 0.660. The largest absolute Gasteiger partial charge is 0.306 e. The molecule has 2 aromatic rings. The summed E-state index contributed by atoms with van der Waals surface area (Å²) in [5, 5.41) is 4.18. The molecule has 0 aliphatic rings. The van der Waals surface area contributed by atoms with Crippen LogP contribution < -0.4 is 5.56 Å². The molecule has 2 rings (SSSR count). The van der Waals surface area contributed by atoms with Crippen molar-refractivity contribution >= 4 is 0 Å². The number of aromatic nitrogens is 4. The quantitative estimate of drug-likeness (QED) is 0.901. The van der Waals surface area contributed by atoms with E-state index in [4.69, 9.17) is 0 Å². The number of nitrogens with one attached hydrogen (secondary N) is 1. The Hall–Kier alpha value is -1.91. The topological polar surface area (TPSA) is 63.6 Å². The summed E-state index contributed by atoms with van der Waals surface area (Å²) in [6.45, 7) is 8.67. The molecule has 5 nitrogen and oxygen atoms in total. The van der Waals surface area contributed by atoms with E-state index in [-0.39, 0.29) is 11.5 Å². The van der Waals surface area contributed by atoms with Crippen molar-refractivity contribution < 1.29 is 0 Å². The molecule has 0 saturated carbocycles. The Balaban J connectivity index is 2.51. The standard InChI is InChI=1S/C13H18N4O/c1-5-17-7-10(6-14-17)12-15-9(4)11(8(2)3)13(18)16-12/h6-8H,5H2,1-4H3,(H,15,16,18). The Morgan fingerprint density at radius 2 is 2.17 bits per heavy atom. The van der Waals surface area contributed by atoms with Gasteiger partial charge in [0.05, 0.1) is 11.8 Å². The fourth-order valence-corrected chi connectivity index (χ4v) is 2.07. The minimum Gasteiger partial charge on any atom is -0.306 e. The highest BCUT2D eigenvalue weighted by Crippen LogP contribution is 2.17. The molecule has 18 heavy (non-hydrogen) atoms. The number of aryl methyl sites for hydroxylation is 2. The predicted molar refractivity (Wildman–Crippen MR) is 70.6 cm³/mol. The van der Waals surface area contributed by atoms with Gasteiger partial charge in [-0.2, -0.15) is 5.10 Å². The van der Waals surface area contributed by atoms with Crippen LogP contribution in [0.3, 0.4) is 0 Å². The van der Waals surface area contributed by atoms with Crippen LogP contribution in [0.1, 0.15) is 37.9 Å². The Kier molecular flexibility index (Phi) is 3.32. The van der Waals surface area contributed by atoms with Crippen molar-refractivity contribution in [3.8, 4) is 11.4 Å². The second kappa shape index (κ2) is 4.76. The summed E-state index contributed by atoms with van der Waals surface area (Å²) in [5.41, 5.74) is 2.32. The number of hydrogen-bond acceptors (Lipinski definition) is 3. The molecule has 5 heteroatoms. The van der Waals surface area contributed by atoms with Crippen molar-refractivity contribution in [2.24, 2.45) is 0 Å². The Morgan fingerprint density at radius 1 is 1.44 bits per heavy atom. The van der Waals surface area contributed by atoms with E-state index in [0.29, 0.717) is 5.82 Å². The second-order valence-electron chi connectivity index (χ2n) is 4.65. The van der Waals surface area contributed by atoms with Crippen LogP contribution in [0.25, 0.3) is 11.4 Å². The number of H-pyrrole nitrogens is 1. The highest BCUT2D eigenvalue weighted by atomic mass is 16.1. The van der Waals surface area contributed by atoms with Gasteiger partial charge < -0.3 is 4.98 Å². The van der Waals surface area contributed by atoms with Crippen molar-refractivity contribution in [1.29, 1.82) is 0 Å². The summed E-state index contributed by atoms with van der Waals surface area (Å²) < 4.78 is 1.81. The smallest absolute Gasteiger partial charge is 0.254 e. The lowest BCUT2D eigenvalue weighted by Crippen LogP contribution is -2.18. The zero-order chi connectivity index (χ0) is 13.3. The Morgan fingerprint density at radius 3 is 2.67 bits per heavy atom. The molecule has 0 spiro atoms. The summed E-state index contributed by atoms with van der Waals surface area (Å²) in [7, 11) is 0. The van der Waals surface area contributed by atoms with Crippen molar-refractivity contribution in [3.05, 3.63) is 34.0 Å². The molecular weight excluding hydrogens is 228 g/mol. The van der Waals surface area contributed by atoms with Gasteiger partial charge in [-0.3, -0.25) is 9.48 Å². The first-order valence-electron chi connectivity index (χ1n) is 6.16. The maximum Gasteiger partial charge on any atom is 0.254 e. The van der Waals surface area contributed by atoms with Crippen LogP contribution in [0.4, 0.5) is 0 Å². The minimum atomic E-state index is -0.0586. The lowest BCUT2D eigenvalue weighted by Gasteiger charge is -2.08. The Labute approximate surface area is 106 Å². The monoisotopic (exact) mass is 246 g/mol. The van der Waals surface area contributed by atoms with Gasteiger partial charge in [0.2, 0.25) is 0 Å². The number of aromatic amines is 1. The van der Waals surface area contributed by atoms with Crippen LogP contribution in [0, 0.1) is 6.92 Å². The van der Waals surface area contributed by atoms with E-state index in [1.54, 1.807) is 10.9 Å². The molecule has 0 aliphatic heterocycles. The number of hydrogen-bond donors (Lipinski definition) is 1. The normalized spacial score (nSPS) is 11.2. The minimum absolute atomic E-state index is 0.0586. The van der Waals surface area contributed by atoms with Crippen molar-refractivity contribution in [3.63, 3.8) is 0 Å². The van der Waals surface area contributed by atoms with Crippen LogP contribution in [-0.2, 0) is 6.54 Å². The van der Waals surface area contributed by atoms with Gasteiger partial charge in [-0.25, -0.2) is 4.98 Å². The molecule has 1 N–H and O–H groups in total. The zero-order valence-electron chi connectivity index (χ0n) is 11.2. The summed E-state index contributed by atoms with van der Waals surface area (Å²) in [4.78, 5) is 19.3. The van der Waals surface area contributed by atoms with E-state index in [2.05, 4.69) is 15.1 Å². The van der Waals surface area contributed by atoms with Crippen molar-refractivity contribution in [2.45, 2.75) is 40.2 Å². The maximum atomic E-state index is 12.0. The molecule has 0 amide bonds. The molecule has 96 valence electrons. The maximum absolute atomic E-state index is 12.0. The van der Waals surface area contributed by atoms with E-state index in [1.807, 2.05) is 33.9 Å². The molecule has 0 saturated heterocycles. The summed E-state index contributed by atoms with van der Waals surface area (Å²) in [5.74, 6) is 0.760. The van der Waals surface area contributed by atoms with Crippen LogP contribution in [0.15, 0.2) is 17.2 Å². The molecule has 0 atom stereocenters. The third-order valence-electron chi connectivity index (χ3n) is 2.95. The summed E-state index contributed by atoms with van der Waals surface area (Å²) in [6, 6.07) is 0. The second-order valence-corrected chi connectivity index (χ2v) is 4.65. The molecule has 0 bridgehead atoms. The van der Waals surface area contributed by atoms with E-state index in [1.165, 1.54) is 0 Å². The predicted octanol–water partition coefficient (Wildman–Crippen LogP) is 2.09. The number of nitrogens with zero attached hydrogens (tertiary/aromatic N) is 3. The average molecular weight is 246 g/mol. The average Bonchev–Trinajstić information content (AvgIpc) is 2.75.